The van der Waals surface area contributed by atoms with Crippen molar-refractivity contribution in [2.75, 3.05) is 6.54 Å². The van der Waals surface area contributed by atoms with Gasteiger partial charge in [-0.3, -0.25) is 0 Å². The van der Waals surface area contributed by atoms with Gasteiger partial charge in [0.25, 0.3) is 0 Å². The molecule has 0 bridgehead atoms. The Hall–Kier alpha value is -1.93. The van der Waals surface area contributed by atoms with Gasteiger partial charge >= 0.3 is 6.34 Å². The highest BCUT2D eigenvalue weighted by atomic mass is 35.5. The van der Waals surface area contributed by atoms with Gasteiger partial charge in [-0.2, -0.15) is 0 Å². The zero-order valence-electron chi connectivity index (χ0n) is 16.2. The summed E-state index contributed by atoms with van der Waals surface area (Å²) in [4.78, 5) is 0. The smallest absolute Gasteiger partial charge is 0.408 e. The van der Waals surface area contributed by atoms with Gasteiger partial charge in [0.15, 0.2) is 0 Å². The summed E-state index contributed by atoms with van der Waals surface area (Å²) in [5.41, 5.74) is 10.3. The number of allylic oxidation sites excluding steroid dienone is 5. The van der Waals surface area contributed by atoms with E-state index in [-0.39, 0.29) is 12.4 Å². The number of nitrogens with zero attached hydrogens (tertiary/aromatic N) is 2. The maximum Gasteiger partial charge on any atom is 0.408 e. The SMILES string of the molecule is C=C1C=C(C)C=C(C)C1=[N+]1C=[N+](c2c(C)cc(C)cc2C)C(C)C1.[Cl-]. The first-order valence-electron chi connectivity index (χ1n) is 8.69. The number of halogens is 1. The highest BCUT2D eigenvalue weighted by Gasteiger charge is 2.38. The summed E-state index contributed by atoms with van der Waals surface area (Å²) in [5, 5.41) is 0. The van der Waals surface area contributed by atoms with Crippen molar-refractivity contribution in [3.63, 3.8) is 0 Å². The van der Waals surface area contributed by atoms with Gasteiger partial charge in [-0.15, -0.1) is 9.15 Å². The number of hydrogen-bond donors (Lipinski definition) is 0. The summed E-state index contributed by atoms with van der Waals surface area (Å²) in [7, 11) is 0. The van der Waals surface area contributed by atoms with E-state index in [9.17, 15) is 0 Å². The maximum atomic E-state index is 4.28. The van der Waals surface area contributed by atoms with Crippen LogP contribution in [0.2, 0.25) is 0 Å². The number of hydrogen-bond acceptors (Lipinski definition) is 0. The second-order valence-corrected chi connectivity index (χ2v) is 7.36. The molecule has 1 aliphatic carbocycles. The molecule has 0 spiro atoms. The van der Waals surface area contributed by atoms with Crippen LogP contribution in [0.15, 0.2) is 47.6 Å². The van der Waals surface area contributed by atoms with Crippen molar-refractivity contribution in [2.24, 2.45) is 0 Å². The molecule has 0 radical (unpaired) electrons. The molecule has 1 atom stereocenters. The fourth-order valence-electron chi connectivity index (χ4n) is 4.15. The highest BCUT2D eigenvalue weighted by Crippen LogP contribution is 2.28. The lowest BCUT2D eigenvalue weighted by atomic mass is 9.95. The first-order chi connectivity index (χ1) is 11.3. The van der Waals surface area contributed by atoms with E-state index in [1.54, 1.807) is 0 Å². The van der Waals surface area contributed by atoms with Gasteiger partial charge in [0.1, 0.15) is 0 Å². The van der Waals surface area contributed by atoms with E-state index < -0.39 is 0 Å². The third-order valence-corrected chi connectivity index (χ3v) is 4.90. The van der Waals surface area contributed by atoms with E-state index in [4.69, 9.17) is 0 Å². The summed E-state index contributed by atoms with van der Waals surface area (Å²) in [5.74, 6) is 0. The Kier molecular flexibility index (Phi) is 5.53. The van der Waals surface area contributed by atoms with Gasteiger partial charge in [0.2, 0.25) is 24.0 Å². The predicted molar refractivity (Wildman–Crippen MR) is 103 cm³/mol. The minimum absolute atomic E-state index is 0. The Labute approximate surface area is 158 Å². The van der Waals surface area contributed by atoms with Crippen LogP contribution in [0.1, 0.15) is 37.5 Å². The van der Waals surface area contributed by atoms with Crippen LogP contribution < -0.4 is 12.4 Å². The molecule has 3 heteroatoms. The van der Waals surface area contributed by atoms with Crippen molar-refractivity contribution in [2.45, 2.75) is 47.6 Å². The lowest BCUT2D eigenvalue weighted by Crippen LogP contribution is -3.00. The molecule has 0 amide bonds. The zero-order chi connectivity index (χ0) is 17.6. The van der Waals surface area contributed by atoms with Gasteiger partial charge < -0.3 is 12.4 Å². The standard InChI is InChI=1S/C22H28N2.ClH/c1-14-8-16(3)21(17(4)9-14)23-12-20(7)24(13-23)22-18(5)10-15(2)11-19(22)6;/h8-11,13,20H,3,12H2,1-2,4-7H3;1H/q+2;/p-1. The van der Waals surface area contributed by atoms with E-state index in [0.29, 0.717) is 6.04 Å². The highest BCUT2D eigenvalue weighted by molar-refractivity contribution is 6.12. The molecule has 3 rings (SSSR count). The first-order valence-corrected chi connectivity index (χ1v) is 8.69. The molecule has 2 aliphatic rings. The number of rotatable bonds is 1. The Morgan fingerprint density at radius 1 is 1.00 bits per heavy atom. The number of aryl methyl sites for hydroxylation is 3. The third kappa shape index (κ3) is 3.55. The van der Waals surface area contributed by atoms with Crippen molar-refractivity contribution in [3.8, 4) is 0 Å². The monoisotopic (exact) mass is 355 g/mol. The average molecular weight is 356 g/mol. The minimum atomic E-state index is 0. The molecule has 0 aromatic heterocycles. The molecule has 2 nitrogen and oxygen atoms in total. The summed E-state index contributed by atoms with van der Waals surface area (Å²) < 4.78 is 4.78. The topological polar surface area (TPSA) is 6.02 Å². The van der Waals surface area contributed by atoms with Crippen LogP contribution in [0.3, 0.4) is 0 Å². The van der Waals surface area contributed by atoms with Crippen molar-refractivity contribution in [1.29, 1.82) is 0 Å². The van der Waals surface area contributed by atoms with Gasteiger partial charge in [-0.25, -0.2) is 0 Å². The zero-order valence-corrected chi connectivity index (χ0v) is 16.9. The van der Waals surface area contributed by atoms with Crippen LogP contribution in [0.5, 0.6) is 0 Å². The molecule has 1 aromatic carbocycles. The quantitative estimate of drug-likeness (QED) is 0.675. The largest absolute Gasteiger partial charge is 1.00 e. The fraction of sp³-hybridized carbons (Fsp3) is 0.364. The second-order valence-electron chi connectivity index (χ2n) is 7.36. The van der Waals surface area contributed by atoms with E-state index >= 15 is 0 Å². The minimum Gasteiger partial charge on any atom is -1.00 e. The summed E-state index contributed by atoms with van der Waals surface area (Å²) in [6, 6.07) is 4.98. The normalized spacial score (nSPS) is 23.0. The molecular formula is C22H28ClN2+. The molecule has 0 N–H and O–H groups in total. The van der Waals surface area contributed by atoms with Crippen LogP contribution >= 0.6 is 0 Å². The molecule has 1 aromatic rings. The van der Waals surface area contributed by atoms with Gasteiger partial charge in [0.05, 0.1) is 0 Å². The van der Waals surface area contributed by atoms with Crippen LogP contribution in [0.4, 0.5) is 5.69 Å². The Balaban J connectivity index is 0.00000225. The van der Waals surface area contributed by atoms with Crippen molar-refractivity contribution < 1.29 is 21.6 Å². The average Bonchev–Trinajstić information content (AvgIpc) is 2.78. The van der Waals surface area contributed by atoms with Crippen LogP contribution in [-0.2, 0) is 0 Å². The predicted octanol–water partition coefficient (Wildman–Crippen LogP) is 1.61. The Bertz CT molecular complexity index is 843. The Morgan fingerprint density at radius 2 is 1.60 bits per heavy atom. The van der Waals surface area contributed by atoms with Crippen LogP contribution in [0.25, 0.3) is 0 Å². The summed E-state index contributed by atoms with van der Waals surface area (Å²) in [6.07, 6.45) is 6.68. The molecule has 1 aliphatic heterocycles. The molecule has 132 valence electrons. The molecule has 0 saturated heterocycles. The van der Waals surface area contributed by atoms with E-state index in [2.05, 4.69) is 87.9 Å². The number of benzene rings is 1. The summed E-state index contributed by atoms with van der Waals surface area (Å²) >= 11 is 0. The molecule has 1 heterocycles. The molecular weight excluding hydrogens is 328 g/mol. The van der Waals surface area contributed by atoms with Gasteiger partial charge in [-0.05, 0) is 64.5 Å². The van der Waals surface area contributed by atoms with Crippen LogP contribution in [-0.4, -0.2) is 33.8 Å². The first kappa shape index (κ1) is 19.4. The lowest BCUT2D eigenvalue weighted by molar-refractivity contribution is -0.465. The summed E-state index contributed by atoms with van der Waals surface area (Å²) in [6.45, 7) is 18.5. The van der Waals surface area contributed by atoms with E-state index in [1.165, 1.54) is 39.2 Å². The van der Waals surface area contributed by atoms with Crippen LogP contribution in [0, 0.1) is 20.8 Å². The third-order valence-electron chi connectivity index (χ3n) is 4.90. The maximum absolute atomic E-state index is 4.28. The fourth-order valence-corrected chi connectivity index (χ4v) is 4.15. The van der Waals surface area contributed by atoms with Crippen molar-refractivity contribution in [1.82, 2.24) is 0 Å². The van der Waals surface area contributed by atoms with Gasteiger partial charge in [-0.1, -0.05) is 12.1 Å². The second kappa shape index (κ2) is 7.13. The van der Waals surface area contributed by atoms with Gasteiger partial charge in [0, 0.05) is 29.2 Å². The molecule has 0 fully saturated rings. The lowest BCUT2D eigenvalue weighted by Gasteiger charge is -2.09. The van der Waals surface area contributed by atoms with Crippen molar-refractivity contribution >= 4 is 17.7 Å². The van der Waals surface area contributed by atoms with Crippen molar-refractivity contribution in [3.05, 3.63) is 64.3 Å². The molecule has 1 unspecified atom stereocenters. The Morgan fingerprint density at radius 3 is 2.16 bits per heavy atom. The molecule has 0 saturated carbocycles. The molecule has 25 heavy (non-hydrogen) atoms. The van der Waals surface area contributed by atoms with E-state index in [0.717, 1.165) is 12.1 Å². The van der Waals surface area contributed by atoms with E-state index in [1.807, 2.05) is 0 Å².